The first-order valence-corrected chi connectivity index (χ1v) is 10.5. The van der Waals surface area contributed by atoms with E-state index in [0.717, 1.165) is 38.5 Å². The van der Waals surface area contributed by atoms with Crippen LogP contribution in [-0.4, -0.2) is 36.4 Å². The van der Waals surface area contributed by atoms with E-state index in [-0.39, 0.29) is 18.9 Å². The topological polar surface area (TPSA) is 96.5 Å². The van der Waals surface area contributed by atoms with Crippen molar-refractivity contribution in [2.45, 2.75) is 58.3 Å². The molecule has 0 spiro atoms. The average molecular weight is 416 g/mol. The van der Waals surface area contributed by atoms with Crippen molar-refractivity contribution in [2.24, 2.45) is 5.73 Å². The van der Waals surface area contributed by atoms with Gasteiger partial charge in [0.05, 0.1) is 0 Å². The highest BCUT2D eigenvalue weighted by Gasteiger charge is 2.13. The van der Waals surface area contributed by atoms with Crippen molar-refractivity contribution in [1.82, 2.24) is 4.90 Å². The summed E-state index contributed by atoms with van der Waals surface area (Å²) in [5, 5.41) is 7.15. The van der Waals surface area contributed by atoms with Crippen molar-refractivity contribution in [2.75, 3.05) is 13.6 Å². The number of hydrogen-bond donors (Lipinski definition) is 2. The van der Waals surface area contributed by atoms with E-state index in [2.05, 4.69) is 66.3 Å². The molecule has 0 amide bonds. The number of nitrogens with zero attached hydrogens (tertiary/aromatic N) is 1. The Bertz CT molecular complexity index is 646. The molecule has 0 bridgehead atoms. The van der Waals surface area contributed by atoms with Crippen molar-refractivity contribution in [3.63, 3.8) is 0 Å². The summed E-state index contributed by atoms with van der Waals surface area (Å²) in [7, 11) is 1.48. The van der Waals surface area contributed by atoms with Crippen LogP contribution in [-0.2, 0) is 14.3 Å². The lowest BCUT2D eigenvalue weighted by molar-refractivity contribution is -0.159. The first-order chi connectivity index (χ1) is 14.5. The minimum atomic E-state index is -0.701. The number of rotatable bonds is 15. The molecule has 0 aromatic carbocycles. The summed E-state index contributed by atoms with van der Waals surface area (Å²) in [5.41, 5.74) is 5.22. The molecule has 0 aliphatic carbocycles. The maximum atomic E-state index is 11.6. The van der Waals surface area contributed by atoms with E-state index >= 15 is 0 Å². The molecule has 0 atom stereocenters. The number of allylic oxidation sites excluding steroid dienone is 10. The molecule has 0 unspecified atom stereocenters. The molecule has 3 N–H and O–H groups in total. The Morgan fingerprint density at radius 1 is 0.833 bits per heavy atom. The third-order valence-corrected chi connectivity index (χ3v) is 3.91. The Kier molecular flexibility index (Phi) is 17.6. The molecule has 0 saturated carbocycles. The molecule has 0 aliphatic heterocycles. The molecule has 166 valence electrons. The number of esters is 2. The highest BCUT2D eigenvalue weighted by molar-refractivity contribution is 5.88. The smallest absolute Gasteiger partial charge is 0.333 e. The molecule has 6 heteroatoms. The Morgan fingerprint density at radius 3 is 1.77 bits per heavy atom. The van der Waals surface area contributed by atoms with Gasteiger partial charge in [-0.3, -0.25) is 10.2 Å². The lowest BCUT2D eigenvalue weighted by Gasteiger charge is -2.14. The first kappa shape index (κ1) is 27.1. The molecule has 0 rings (SSSR count). The molecule has 0 aromatic heterocycles. The zero-order chi connectivity index (χ0) is 22.5. The first-order valence-electron chi connectivity index (χ1n) is 10.5. The zero-order valence-electron chi connectivity index (χ0n) is 18.4. The summed E-state index contributed by atoms with van der Waals surface area (Å²) in [6, 6.07) is 0. The van der Waals surface area contributed by atoms with E-state index in [1.165, 1.54) is 11.9 Å². The standard InChI is InChI=1S/C24H37N3O3/c1-3-4-5-6-7-8-9-10-11-12-13-14-15-16-17-18-19-20-22(28)30-23(29)21-27(2)24(25)26/h4-5,7-8,10-11,13-14,16-17H,3,6,9,12,15,18-21H2,1-2H3,(H3,25,26)/b5-4+,8-7+,11-10+,14-13+,17-16+. The van der Waals surface area contributed by atoms with Crippen LogP contribution in [0.1, 0.15) is 58.3 Å². The van der Waals surface area contributed by atoms with Crippen molar-refractivity contribution in [3.05, 3.63) is 60.8 Å². The van der Waals surface area contributed by atoms with Crippen molar-refractivity contribution >= 4 is 17.9 Å². The summed E-state index contributed by atoms with van der Waals surface area (Å²) in [4.78, 5) is 24.3. The van der Waals surface area contributed by atoms with Crippen LogP contribution in [0.5, 0.6) is 0 Å². The largest absolute Gasteiger partial charge is 0.392 e. The number of nitrogens with two attached hydrogens (primary N) is 1. The highest BCUT2D eigenvalue weighted by atomic mass is 16.6. The van der Waals surface area contributed by atoms with Crippen molar-refractivity contribution in [3.8, 4) is 0 Å². The van der Waals surface area contributed by atoms with Crippen LogP contribution in [0.2, 0.25) is 0 Å². The van der Waals surface area contributed by atoms with Gasteiger partial charge in [0.2, 0.25) is 0 Å². The number of ether oxygens (including phenoxy) is 1. The number of guanidine groups is 1. The molecule has 0 saturated heterocycles. The molecule has 6 nitrogen and oxygen atoms in total. The maximum absolute atomic E-state index is 11.6. The minimum absolute atomic E-state index is 0.184. The van der Waals surface area contributed by atoms with Gasteiger partial charge in [-0.05, 0) is 44.9 Å². The number of carbonyl (C=O) groups excluding carboxylic acids is 2. The third kappa shape index (κ3) is 18.5. The van der Waals surface area contributed by atoms with Gasteiger partial charge in [0, 0.05) is 13.5 Å². The second-order valence-electron chi connectivity index (χ2n) is 6.69. The van der Waals surface area contributed by atoms with Gasteiger partial charge in [0.1, 0.15) is 6.54 Å². The van der Waals surface area contributed by atoms with Gasteiger partial charge in [-0.15, -0.1) is 0 Å². The average Bonchev–Trinajstić information content (AvgIpc) is 2.70. The second-order valence-corrected chi connectivity index (χ2v) is 6.69. The number of nitrogens with one attached hydrogen (secondary N) is 1. The SMILES string of the molecule is CC/C=C/C/C=C/C/C=C/C/C=C/C/C=C/CCCC(=O)OC(=O)CN(C)C(=N)N. The van der Waals surface area contributed by atoms with Crippen LogP contribution in [0.4, 0.5) is 0 Å². The van der Waals surface area contributed by atoms with Crippen molar-refractivity contribution < 1.29 is 14.3 Å². The lowest BCUT2D eigenvalue weighted by Crippen LogP contribution is -2.37. The van der Waals surface area contributed by atoms with Gasteiger partial charge in [-0.25, -0.2) is 4.79 Å². The van der Waals surface area contributed by atoms with Crippen LogP contribution < -0.4 is 5.73 Å². The van der Waals surface area contributed by atoms with Crippen LogP contribution in [0, 0.1) is 5.41 Å². The monoisotopic (exact) mass is 415 g/mol. The van der Waals surface area contributed by atoms with E-state index < -0.39 is 11.9 Å². The predicted octanol–water partition coefficient (Wildman–Crippen LogP) is 4.80. The van der Waals surface area contributed by atoms with E-state index in [1.807, 2.05) is 6.08 Å². The van der Waals surface area contributed by atoms with E-state index in [1.54, 1.807) is 0 Å². The summed E-state index contributed by atoms with van der Waals surface area (Å²) in [6.45, 7) is 1.92. The fraction of sp³-hybridized carbons (Fsp3) is 0.458. The molecule has 0 heterocycles. The number of unbranched alkanes of at least 4 members (excludes halogenated alkanes) is 1. The van der Waals surface area contributed by atoms with Crippen LogP contribution in [0.25, 0.3) is 0 Å². The van der Waals surface area contributed by atoms with Gasteiger partial charge in [-0.2, -0.15) is 0 Å². The van der Waals surface area contributed by atoms with Gasteiger partial charge in [0.15, 0.2) is 5.96 Å². The van der Waals surface area contributed by atoms with E-state index in [4.69, 9.17) is 11.1 Å². The molecule has 0 fully saturated rings. The van der Waals surface area contributed by atoms with E-state index in [0.29, 0.717) is 6.42 Å². The van der Waals surface area contributed by atoms with Crippen LogP contribution in [0.15, 0.2) is 60.8 Å². The van der Waals surface area contributed by atoms with Gasteiger partial charge < -0.3 is 15.4 Å². The van der Waals surface area contributed by atoms with E-state index in [9.17, 15) is 9.59 Å². The number of likely N-dealkylation sites (N-methyl/N-ethyl adjacent to an activating group) is 1. The maximum Gasteiger partial charge on any atom is 0.333 e. The molecule has 0 aliphatic rings. The Morgan fingerprint density at radius 2 is 1.30 bits per heavy atom. The summed E-state index contributed by atoms with van der Waals surface area (Å²) in [5.74, 6) is -1.50. The zero-order valence-corrected chi connectivity index (χ0v) is 18.4. The predicted molar refractivity (Wildman–Crippen MR) is 124 cm³/mol. The minimum Gasteiger partial charge on any atom is -0.392 e. The van der Waals surface area contributed by atoms with Crippen molar-refractivity contribution in [1.29, 1.82) is 5.41 Å². The fourth-order valence-corrected chi connectivity index (χ4v) is 2.22. The molecular formula is C24H37N3O3. The molecule has 30 heavy (non-hydrogen) atoms. The normalized spacial score (nSPS) is 12.1. The summed E-state index contributed by atoms with van der Waals surface area (Å²) in [6.07, 6.45) is 27.8. The van der Waals surface area contributed by atoms with Crippen LogP contribution in [0.3, 0.4) is 0 Å². The summed E-state index contributed by atoms with van der Waals surface area (Å²) < 4.78 is 4.68. The molecule has 0 aromatic rings. The Balaban J connectivity index is 3.69. The third-order valence-electron chi connectivity index (χ3n) is 3.91. The Labute approximate surface area is 181 Å². The number of hydrogen-bond acceptors (Lipinski definition) is 4. The summed E-state index contributed by atoms with van der Waals surface area (Å²) >= 11 is 0. The number of carbonyl (C=O) groups is 2. The molecule has 0 radical (unpaired) electrons. The molecular weight excluding hydrogens is 378 g/mol. The van der Waals surface area contributed by atoms with Gasteiger partial charge >= 0.3 is 11.9 Å². The van der Waals surface area contributed by atoms with Crippen LogP contribution >= 0.6 is 0 Å². The van der Waals surface area contributed by atoms with Gasteiger partial charge in [0.25, 0.3) is 0 Å². The Hall–Kier alpha value is -2.89. The lowest BCUT2D eigenvalue weighted by atomic mass is 10.2. The fourth-order valence-electron chi connectivity index (χ4n) is 2.22. The second kappa shape index (κ2) is 19.4. The van der Waals surface area contributed by atoms with Gasteiger partial charge in [-0.1, -0.05) is 67.7 Å². The quantitative estimate of drug-likeness (QED) is 0.1000. The highest BCUT2D eigenvalue weighted by Crippen LogP contribution is 2.01.